The summed E-state index contributed by atoms with van der Waals surface area (Å²) in [5.74, 6) is -0.940. The van der Waals surface area contributed by atoms with E-state index < -0.39 is 29.4 Å². The van der Waals surface area contributed by atoms with Crippen LogP contribution in [0.3, 0.4) is 0 Å². The molecule has 1 fully saturated rings. The van der Waals surface area contributed by atoms with Gasteiger partial charge in [0.1, 0.15) is 5.82 Å². The zero-order chi connectivity index (χ0) is 21.1. The molecule has 152 valence electrons. The molecule has 2 N–H and O–H groups in total. The van der Waals surface area contributed by atoms with Gasteiger partial charge in [0.05, 0.1) is 12.6 Å². The maximum atomic E-state index is 13.5. The summed E-state index contributed by atoms with van der Waals surface area (Å²) in [6.07, 6.45) is -0.923. The number of imide groups is 1. The summed E-state index contributed by atoms with van der Waals surface area (Å²) in [5.41, 5.74) is 0.579. The number of halogens is 1. The van der Waals surface area contributed by atoms with Gasteiger partial charge in [0.15, 0.2) is 5.54 Å². The number of rotatable bonds is 6. The average Bonchev–Trinajstić information content (AvgIpc) is 3.00. The fraction of sp³-hybridized carbons (Fsp3) is 0.167. The predicted molar refractivity (Wildman–Crippen MR) is 110 cm³/mol. The van der Waals surface area contributed by atoms with Crippen molar-refractivity contribution in [3.05, 3.63) is 107 Å². The predicted octanol–water partition coefficient (Wildman–Crippen LogP) is 3.55. The number of amides is 3. The number of carbonyl (C=O) groups excluding carboxylic acids is 2. The number of benzene rings is 3. The summed E-state index contributed by atoms with van der Waals surface area (Å²) in [7, 11) is 0. The number of β-amino-alcohol motifs (C(OH)–C–C–N with tert-alkyl or cyclic N) is 1. The first-order valence-corrected chi connectivity index (χ1v) is 9.67. The number of hydrogen-bond acceptors (Lipinski definition) is 3. The molecule has 0 spiro atoms. The molecule has 0 aromatic heterocycles. The fourth-order valence-corrected chi connectivity index (χ4v) is 3.83. The van der Waals surface area contributed by atoms with Crippen molar-refractivity contribution in [1.29, 1.82) is 0 Å². The van der Waals surface area contributed by atoms with Gasteiger partial charge in [0, 0.05) is 6.42 Å². The molecule has 30 heavy (non-hydrogen) atoms. The monoisotopic (exact) mass is 404 g/mol. The van der Waals surface area contributed by atoms with E-state index in [1.165, 1.54) is 18.2 Å². The van der Waals surface area contributed by atoms with Gasteiger partial charge in [-0.2, -0.15) is 0 Å². The molecule has 1 aliphatic heterocycles. The van der Waals surface area contributed by atoms with E-state index in [1.807, 2.05) is 48.5 Å². The third-order valence-corrected chi connectivity index (χ3v) is 5.34. The highest BCUT2D eigenvalue weighted by atomic mass is 19.1. The van der Waals surface area contributed by atoms with Gasteiger partial charge in [-0.25, -0.2) is 9.18 Å². The zero-order valence-electron chi connectivity index (χ0n) is 16.2. The first-order chi connectivity index (χ1) is 14.5. The standard InChI is InChI=1S/C24H21FN2O3/c25-20-13-7-10-18(14-20)21(28)16-27-22(29)24(26-23(27)30,19-11-5-2-6-12-19)15-17-8-3-1-4-9-17/h1-14,21,28H,15-16H2,(H,26,30). The van der Waals surface area contributed by atoms with Crippen LogP contribution in [0.5, 0.6) is 0 Å². The van der Waals surface area contributed by atoms with Crippen LogP contribution in [-0.4, -0.2) is 28.5 Å². The molecule has 3 aromatic rings. The van der Waals surface area contributed by atoms with Crippen molar-refractivity contribution in [3.63, 3.8) is 0 Å². The Hall–Kier alpha value is -3.51. The molecule has 2 unspecified atom stereocenters. The molecule has 1 saturated heterocycles. The zero-order valence-corrected chi connectivity index (χ0v) is 16.2. The molecule has 3 aromatic carbocycles. The maximum Gasteiger partial charge on any atom is 0.325 e. The second-order valence-corrected chi connectivity index (χ2v) is 7.35. The molecule has 0 radical (unpaired) electrons. The SMILES string of the molecule is O=C1NC(Cc2ccccc2)(c2ccccc2)C(=O)N1CC(O)c1cccc(F)c1. The van der Waals surface area contributed by atoms with E-state index in [4.69, 9.17) is 0 Å². The highest BCUT2D eigenvalue weighted by Gasteiger charge is 2.52. The van der Waals surface area contributed by atoms with Crippen LogP contribution < -0.4 is 5.32 Å². The molecule has 6 heteroatoms. The fourth-order valence-electron chi connectivity index (χ4n) is 3.83. The Morgan fingerprint density at radius 1 is 0.933 bits per heavy atom. The minimum absolute atomic E-state index is 0.266. The first kappa shape index (κ1) is 19.8. The largest absolute Gasteiger partial charge is 0.387 e. The summed E-state index contributed by atoms with van der Waals surface area (Å²) < 4.78 is 13.5. The lowest BCUT2D eigenvalue weighted by atomic mass is 9.83. The molecule has 0 bridgehead atoms. The van der Waals surface area contributed by atoms with E-state index in [0.717, 1.165) is 10.5 Å². The topological polar surface area (TPSA) is 69.6 Å². The van der Waals surface area contributed by atoms with Gasteiger partial charge in [-0.1, -0.05) is 72.8 Å². The van der Waals surface area contributed by atoms with Crippen molar-refractivity contribution in [1.82, 2.24) is 10.2 Å². The van der Waals surface area contributed by atoms with E-state index >= 15 is 0 Å². The number of aliphatic hydroxyl groups excluding tert-OH is 1. The van der Waals surface area contributed by atoms with Gasteiger partial charge >= 0.3 is 6.03 Å². The third kappa shape index (κ3) is 3.69. The lowest BCUT2D eigenvalue weighted by Gasteiger charge is -2.28. The van der Waals surface area contributed by atoms with Crippen molar-refractivity contribution in [3.8, 4) is 0 Å². The Morgan fingerprint density at radius 3 is 2.27 bits per heavy atom. The van der Waals surface area contributed by atoms with Gasteiger partial charge < -0.3 is 10.4 Å². The smallest absolute Gasteiger partial charge is 0.325 e. The van der Waals surface area contributed by atoms with Crippen molar-refractivity contribution in [2.24, 2.45) is 0 Å². The Labute approximate surface area is 173 Å². The summed E-state index contributed by atoms with van der Waals surface area (Å²) in [6.45, 7) is -0.266. The molecular formula is C24H21FN2O3. The Morgan fingerprint density at radius 2 is 1.60 bits per heavy atom. The normalized spacial score (nSPS) is 19.6. The molecule has 5 nitrogen and oxygen atoms in total. The Balaban J connectivity index is 1.67. The van der Waals surface area contributed by atoms with Crippen LogP contribution in [0.4, 0.5) is 9.18 Å². The Bertz CT molecular complexity index is 1060. The quantitative estimate of drug-likeness (QED) is 0.618. The lowest BCUT2D eigenvalue weighted by Crippen LogP contribution is -2.46. The minimum Gasteiger partial charge on any atom is -0.387 e. The Kier molecular flexibility index (Phi) is 5.33. The number of nitrogens with one attached hydrogen (secondary N) is 1. The van der Waals surface area contributed by atoms with E-state index in [1.54, 1.807) is 18.2 Å². The summed E-state index contributed by atoms with van der Waals surface area (Å²) >= 11 is 0. The van der Waals surface area contributed by atoms with Crippen LogP contribution in [0.15, 0.2) is 84.9 Å². The number of aliphatic hydroxyl groups is 1. The number of nitrogens with zero attached hydrogens (tertiary/aromatic N) is 1. The molecule has 1 heterocycles. The molecule has 4 rings (SSSR count). The van der Waals surface area contributed by atoms with Gasteiger partial charge in [-0.05, 0) is 28.8 Å². The summed E-state index contributed by atoms with van der Waals surface area (Å²) in [6, 6.07) is 23.4. The van der Waals surface area contributed by atoms with Crippen LogP contribution >= 0.6 is 0 Å². The number of urea groups is 1. The lowest BCUT2D eigenvalue weighted by molar-refractivity contribution is -0.132. The number of carbonyl (C=O) groups is 2. The van der Waals surface area contributed by atoms with E-state index in [0.29, 0.717) is 11.1 Å². The van der Waals surface area contributed by atoms with Gasteiger partial charge in [-0.3, -0.25) is 9.69 Å². The number of hydrogen-bond donors (Lipinski definition) is 2. The second kappa shape index (κ2) is 8.08. The molecular weight excluding hydrogens is 383 g/mol. The van der Waals surface area contributed by atoms with Crippen LogP contribution in [-0.2, 0) is 16.8 Å². The van der Waals surface area contributed by atoms with E-state index in [9.17, 15) is 19.1 Å². The van der Waals surface area contributed by atoms with Crippen LogP contribution in [0, 0.1) is 5.82 Å². The molecule has 0 aliphatic carbocycles. The highest BCUT2D eigenvalue weighted by Crippen LogP contribution is 2.34. The second-order valence-electron chi connectivity index (χ2n) is 7.35. The first-order valence-electron chi connectivity index (χ1n) is 9.67. The van der Waals surface area contributed by atoms with Crippen molar-refractivity contribution in [2.45, 2.75) is 18.1 Å². The van der Waals surface area contributed by atoms with Crippen molar-refractivity contribution >= 4 is 11.9 Å². The van der Waals surface area contributed by atoms with Crippen LogP contribution in [0.25, 0.3) is 0 Å². The van der Waals surface area contributed by atoms with E-state index in [2.05, 4.69) is 5.32 Å². The van der Waals surface area contributed by atoms with Crippen molar-refractivity contribution in [2.75, 3.05) is 6.54 Å². The molecule has 2 atom stereocenters. The van der Waals surface area contributed by atoms with Crippen LogP contribution in [0.1, 0.15) is 22.8 Å². The maximum absolute atomic E-state index is 13.5. The molecule has 3 amide bonds. The van der Waals surface area contributed by atoms with Crippen LogP contribution in [0.2, 0.25) is 0 Å². The van der Waals surface area contributed by atoms with Gasteiger partial charge in [0.2, 0.25) is 0 Å². The minimum atomic E-state index is -1.28. The molecule has 1 aliphatic rings. The van der Waals surface area contributed by atoms with Gasteiger partial charge in [-0.15, -0.1) is 0 Å². The highest BCUT2D eigenvalue weighted by molar-refractivity contribution is 6.07. The van der Waals surface area contributed by atoms with Gasteiger partial charge in [0.25, 0.3) is 5.91 Å². The van der Waals surface area contributed by atoms with E-state index in [-0.39, 0.29) is 13.0 Å². The van der Waals surface area contributed by atoms with Crippen molar-refractivity contribution < 1.29 is 19.1 Å². The summed E-state index contributed by atoms with van der Waals surface area (Å²) in [4.78, 5) is 27.3. The summed E-state index contributed by atoms with van der Waals surface area (Å²) in [5, 5.41) is 13.4. The third-order valence-electron chi connectivity index (χ3n) is 5.34. The molecule has 0 saturated carbocycles. The average molecular weight is 404 g/mol.